The summed E-state index contributed by atoms with van der Waals surface area (Å²) in [7, 11) is 1.75. The van der Waals surface area contributed by atoms with Gasteiger partial charge in [-0.2, -0.15) is 5.10 Å². The maximum Gasteiger partial charge on any atom is 0.271 e. The van der Waals surface area contributed by atoms with Crippen LogP contribution in [-0.2, 0) is 6.54 Å². The predicted molar refractivity (Wildman–Crippen MR) is 80.2 cm³/mol. The molecule has 2 heterocycles. The minimum atomic E-state index is -0.210. The summed E-state index contributed by atoms with van der Waals surface area (Å²) in [5.41, 5.74) is 2.46. The van der Waals surface area contributed by atoms with Gasteiger partial charge in [-0.05, 0) is 26.3 Å². The van der Waals surface area contributed by atoms with E-state index in [1.807, 2.05) is 24.6 Å². The first kappa shape index (κ1) is 15.0. The fourth-order valence-corrected chi connectivity index (χ4v) is 2.00. The van der Waals surface area contributed by atoms with Gasteiger partial charge in [0.25, 0.3) is 5.91 Å². The highest BCUT2D eigenvalue weighted by atomic mass is 16.1. The molecule has 0 fully saturated rings. The van der Waals surface area contributed by atoms with E-state index in [1.54, 1.807) is 7.05 Å². The fourth-order valence-electron chi connectivity index (χ4n) is 2.00. The molecule has 0 saturated heterocycles. The molecule has 0 unspecified atom stereocenters. The molecule has 0 aromatic carbocycles. The number of aromatic nitrogens is 4. The molecule has 2 rings (SSSR count). The summed E-state index contributed by atoms with van der Waals surface area (Å²) in [6.45, 7) is 5.35. The van der Waals surface area contributed by atoms with E-state index < -0.39 is 0 Å². The third kappa shape index (κ3) is 4.01. The molecule has 0 aliphatic carbocycles. The molecule has 2 aromatic rings. The molecule has 2 N–H and O–H groups in total. The lowest BCUT2D eigenvalue weighted by atomic mass is 10.3. The molecule has 0 atom stereocenters. The van der Waals surface area contributed by atoms with E-state index in [2.05, 4.69) is 25.7 Å². The standard InChI is InChI=1S/C14H20N6O/c1-10-7-11(2)20(19-10)6-4-5-16-14(21)12-8-18-13(15-3)9-17-12/h7-9H,4-6H2,1-3H3,(H,15,18)(H,16,21). The first-order valence-electron chi connectivity index (χ1n) is 6.89. The monoisotopic (exact) mass is 288 g/mol. The van der Waals surface area contributed by atoms with Crippen LogP contribution in [-0.4, -0.2) is 39.2 Å². The van der Waals surface area contributed by atoms with Crippen molar-refractivity contribution in [1.82, 2.24) is 25.1 Å². The number of nitrogens with one attached hydrogen (secondary N) is 2. The Bertz CT molecular complexity index is 604. The summed E-state index contributed by atoms with van der Waals surface area (Å²) in [4.78, 5) is 20.0. The van der Waals surface area contributed by atoms with Crippen molar-refractivity contribution in [2.75, 3.05) is 18.9 Å². The van der Waals surface area contributed by atoms with Crippen LogP contribution < -0.4 is 10.6 Å². The van der Waals surface area contributed by atoms with Crippen molar-refractivity contribution in [2.45, 2.75) is 26.8 Å². The van der Waals surface area contributed by atoms with Gasteiger partial charge in [-0.25, -0.2) is 9.97 Å². The number of amides is 1. The summed E-state index contributed by atoms with van der Waals surface area (Å²) < 4.78 is 1.95. The Morgan fingerprint density at radius 2 is 2.10 bits per heavy atom. The lowest BCUT2D eigenvalue weighted by Gasteiger charge is -2.06. The van der Waals surface area contributed by atoms with Crippen molar-refractivity contribution >= 4 is 11.7 Å². The topological polar surface area (TPSA) is 84.7 Å². The molecule has 7 nitrogen and oxygen atoms in total. The Labute approximate surface area is 123 Å². The minimum absolute atomic E-state index is 0.210. The SMILES string of the molecule is CNc1cnc(C(=O)NCCCn2nc(C)cc2C)cn1. The molecule has 0 spiro atoms. The van der Waals surface area contributed by atoms with Crippen molar-refractivity contribution in [2.24, 2.45) is 0 Å². The second-order valence-corrected chi connectivity index (χ2v) is 4.80. The molecule has 2 aromatic heterocycles. The number of rotatable bonds is 6. The zero-order chi connectivity index (χ0) is 15.2. The summed E-state index contributed by atoms with van der Waals surface area (Å²) in [6.07, 6.45) is 3.81. The van der Waals surface area contributed by atoms with Gasteiger partial charge in [0.1, 0.15) is 11.5 Å². The third-order valence-corrected chi connectivity index (χ3v) is 3.08. The van der Waals surface area contributed by atoms with Crippen molar-refractivity contribution in [3.8, 4) is 0 Å². The maximum atomic E-state index is 11.9. The van der Waals surface area contributed by atoms with Gasteiger partial charge < -0.3 is 10.6 Å². The number of aryl methyl sites for hydroxylation is 3. The van der Waals surface area contributed by atoms with E-state index in [1.165, 1.54) is 12.4 Å². The van der Waals surface area contributed by atoms with Gasteiger partial charge in [0, 0.05) is 25.8 Å². The molecule has 7 heteroatoms. The Kier molecular flexibility index (Phi) is 4.86. The highest BCUT2D eigenvalue weighted by molar-refractivity contribution is 5.91. The zero-order valence-electron chi connectivity index (χ0n) is 12.6. The minimum Gasteiger partial charge on any atom is -0.372 e. The van der Waals surface area contributed by atoms with E-state index in [-0.39, 0.29) is 5.91 Å². The van der Waals surface area contributed by atoms with Gasteiger partial charge in [0.2, 0.25) is 0 Å². The number of hydrogen-bond donors (Lipinski definition) is 2. The third-order valence-electron chi connectivity index (χ3n) is 3.08. The predicted octanol–water partition coefficient (Wildman–Crippen LogP) is 1.15. The highest BCUT2D eigenvalue weighted by Crippen LogP contribution is 2.02. The van der Waals surface area contributed by atoms with E-state index in [0.29, 0.717) is 18.1 Å². The van der Waals surface area contributed by atoms with E-state index in [0.717, 1.165) is 24.4 Å². The maximum absolute atomic E-state index is 11.9. The van der Waals surface area contributed by atoms with Crippen molar-refractivity contribution in [3.05, 3.63) is 35.5 Å². The number of carbonyl (C=O) groups excluding carboxylic acids is 1. The molecule has 0 bridgehead atoms. The summed E-state index contributed by atoms with van der Waals surface area (Å²) in [6, 6.07) is 2.04. The molecule has 112 valence electrons. The van der Waals surface area contributed by atoms with Crippen LogP contribution in [0, 0.1) is 13.8 Å². The second kappa shape index (κ2) is 6.83. The zero-order valence-corrected chi connectivity index (χ0v) is 12.6. The van der Waals surface area contributed by atoms with Gasteiger partial charge in [-0.15, -0.1) is 0 Å². The molecule has 1 amide bonds. The lowest BCUT2D eigenvalue weighted by molar-refractivity contribution is 0.0947. The molecular formula is C14H20N6O. The Hall–Kier alpha value is -2.44. The molecule has 0 aliphatic rings. The Balaban J connectivity index is 1.77. The number of nitrogens with zero attached hydrogens (tertiary/aromatic N) is 4. The fraction of sp³-hybridized carbons (Fsp3) is 0.429. The number of anilines is 1. The molecular weight excluding hydrogens is 268 g/mol. The van der Waals surface area contributed by atoms with Crippen LogP contribution in [0.15, 0.2) is 18.5 Å². The number of hydrogen-bond acceptors (Lipinski definition) is 5. The van der Waals surface area contributed by atoms with Gasteiger partial charge in [-0.1, -0.05) is 0 Å². The van der Waals surface area contributed by atoms with Crippen molar-refractivity contribution in [1.29, 1.82) is 0 Å². The van der Waals surface area contributed by atoms with Crippen LogP contribution in [0.2, 0.25) is 0 Å². The summed E-state index contributed by atoms with van der Waals surface area (Å²) in [5.74, 6) is 0.426. The molecule has 21 heavy (non-hydrogen) atoms. The van der Waals surface area contributed by atoms with Crippen molar-refractivity contribution < 1.29 is 4.79 Å². The van der Waals surface area contributed by atoms with Crippen LogP contribution in [0.3, 0.4) is 0 Å². The largest absolute Gasteiger partial charge is 0.372 e. The summed E-state index contributed by atoms with van der Waals surface area (Å²) >= 11 is 0. The highest BCUT2D eigenvalue weighted by Gasteiger charge is 2.07. The van der Waals surface area contributed by atoms with E-state index in [4.69, 9.17) is 0 Å². The smallest absolute Gasteiger partial charge is 0.271 e. The molecule has 0 radical (unpaired) electrons. The second-order valence-electron chi connectivity index (χ2n) is 4.80. The van der Waals surface area contributed by atoms with Crippen LogP contribution in [0.4, 0.5) is 5.82 Å². The van der Waals surface area contributed by atoms with Crippen LogP contribution in [0.5, 0.6) is 0 Å². The molecule has 0 aliphatic heterocycles. The first-order chi connectivity index (χ1) is 10.1. The van der Waals surface area contributed by atoms with Gasteiger partial charge in [-0.3, -0.25) is 9.48 Å². The van der Waals surface area contributed by atoms with Crippen LogP contribution >= 0.6 is 0 Å². The number of carbonyl (C=O) groups is 1. The van der Waals surface area contributed by atoms with Crippen LogP contribution in [0.25, 0.3) is 0 Å². The van der Waals surface area contributed by atoms with Crippen molar-refractivity contribution in [3.63, 3.8) is 0 Å². The Morgan fingerprint density at radius 1 is 1.29 bits per heavy atom. The normalized spacial score (nSPS) is 10.4. The van der Waals surface area contributed by atoms with Gasteiger partial charge in [0.05, 0.1) is 18.1 Å². The van der Waals surface area contributed by atoms with Gasteiger partial charge >= 0.3 is 0 Å². The molecule has 0 saturated carbocycles. The Morgan fingerprint density at radius 3 is 2.67 bits per heavy atom. The van der Waals surface area contributed by atoms with E-state index >= 15 is 0 Å². The average Bonchev–Trinajstić information content (AvgIpc) is 2.81. The van der Waals surface area contributed by atoms with E-state index in [9.17, 15) is 4.79 Å². The van der Waals surface area contributed by atoms with Crippen LogP contribution in [0.1, 0.15) is 28.3 Å². The lowest BCUT2D eigenvalue weighted by Crippen LogP contribution is -2.26. The van der Waals surface area contributed by atoms with Gasteiger partial charge in [0.15, 0.2) is 0 Å². The first-order valence-corrected chi connectivity index (χ1v) is 6.89. The average molecular weight is 288 g/mol. The quantitative estimate of drug-likeness (QED) is 0.779. The summed E-state index contributed by atoms with van der Waals surface area (Å²) in [5, 5.41) is 10.1.